The SMILES string of the molecule is CC(C)(C)OC(=O)NCc1ccnc(C#N)n1.Cc1nnc(-c2nccc(CN)n2)nn1.Cc1nnc(-c2nccc(CNC(=O)OC(C)(C)C)n2)nn1. The minimum atomic E-state index is -0.548. The number of aromatic nitrogens is 14. The third-order valence-electron chi connectivity index (χ3n) is 5.63. The largest absolute Gasteiger partial charge is 0.444 e. The Labute approximate surface area is 310 Å². The maximum atomic E-state index is 11.6. The van der Waals surface area contributed by atoms with E-state index < -0.39 is 23.4 Å². The Kier molecular flexibility index (Phi) is 15.1. The van der Waals surface area contributed by atoms with Crippen LogP contribution in [0.3, 0.4) is 0 Å². The summed E-state index contributed by atoms with van der Waals surface area (Å²) >= 11 is 0. The van der Waals surface area contributed by atoms with Gasteiger partial charge in [-0.05, 0) is 73.6 Å². The minimum absolute atomic E-state index is 0.0773. The summed E-state index contributed by atoms with van der Waals surface area (Å²) in [6, 6.07) is 6.86. The number of hydrogen-bond donors (Lipinski definition) is 3. The van der Waals surface area contributed by atoms with Gasteiger partial charge in [-0.3, -0.25) is 0 Å². The average molecular weight is 741 g/mol. The van der Waals surface area contributed by atoms with Crippen molar-refractivity contribution >= 4 is 12.2 Å². The van der Waals surface area contributed by atoms with Crippen molar-refractivity contribution in [2.24, 2.45) is 5.73 Å². The second-order valence-electron chi connectivity index (χ2n) is 12.7. The molecule has 0 aliphatic heterocycles. The van der Waals surface area contributed by atoms with Gasteiger partial charge in [0, 0.05) is 25.1 Å². The summed E-state index contributed by atoms with van der Waals surface area (Å²) in [6.07, 6.45) is 3.60. The van der Waals surface area contributed by atoms with Crippen LogP contribution in [0, 0.1) is 25.2 Å². The van der Waals surface area contributed by atoms with E-state index in [1.165, 1.54) is 6.20 Å². The Morgan fingerprint density at radius 1 is 0.630 bits per heavy atom. The Bertz CT molecular complexity index is 2010. The molecular weight excluding hydrogens is 700 g/mol. The molecule has 0 aliphatic rings. The molecule has 22 heteroatoms. The van der Waals surface area contributed by atoms with Crippen LogP contribution in [0.4, 0.5) is 9.59 Å². The number of nitrogens with one attached hydrogen (secondary N) is 2. The van der Waals surface area contributed by atoms with Gasteiger partial charge in [0.1, 0.15) is 17.3 Å². The molecule has 5 aromatic heterocycles. The van der Waals surface area contributed by atoms with Gasteiger partial charge in [0.05, 0.1) is 30.2 Å². The van der Waals surface area contributed by atoms with E-state index in [-0.39, 0.29) is 24.7 Å². The lowest BCUT2D eigenvalue weighted by Crippen LogP contribution is -2.32. The first-order chi connectivity index (χ1) is 25.5. The predicted molar refractivity (Wildman–Crippen MR) is 188 cm³/mol. The number of alkyl carbamates (subject to hydrolysis) is 2. The van der Waals surface area contributed by atoms with E-state index in [0.29, 0.717) is 47.1 Å². The molecule has 0 saturated heterocycles. The van der Waals surface area contributed by atoms with E-state index in [2.05, 4.69) is 81.3 Å². The van der Waals surface area contributed by atoms with Crippen LogP contribution >= 0.6 is 0 Å². The Balaban J connectivity index is 0.000000222. The number of nitrogens with two attached hydrogens (primary N) is 1. The van der Waals surface area contributed by atoms with Gasteiger partial charge < -0.3 is 25.8 Å². The van der Waals surface area contributed by atoms with Crippen LogP contribution in [0.25, 0.3) is 23.3 Å². The number of carbonyl (C=O) groups excluding carboxylic acids is 2. The normalized spacial score (nSPS) is 10.7. The summed E-state index contributed by atoms with van der Waals surface area (Å²) in [6.45, 7) is 14.9. The Morgan fingerprint density at radius 3 is 1.43 bits per heavy atom. The molecule has 54 heavy (non-hydrogen) atoms. The van der Waals surface area contributed by atoms with Crippen LogP contribution in [0.1, 0.15) is 76.1 Å². The topological polar surface area (TPSA) is 307 Å². The lowest BCUT2D eigenvalue weighted by Gasteiger charge is -2.19. The molecule has 5 rings (SSSR count). The number of hydrogen-bond acceptors (Lipinski definition) is 20. The maximum Gasteiger partial charge on any atom is 0.407 e. The van der Waals surface area contributed by atoms with E-state index in [4.69, 9.17) is 20.5 Å². The van der Waals surface area contributed by atoms with Gasteiger partial charge in [0.15, 0.2) is 11.6 Å². The monoisotopic (exact) mass is 740 g/mol. The zero-order valence-electron chi connectivity index (χ0n) is 31.0. The summed E-state index contributed by atoms with van der Waals surface area (Å²) in [5, 5.41) is 44.4. The van der Waals surface area contributed by atoms with Crippen molar-refractivity contribution in [1.82, 2.24) is 81.3 Å². The van der Waals surface area contributed by atoms with Gasteiger partial charge in [0.25, 0.3) is 0 Å². The smallest absolute Gasteiger partial charge is 0.407 e. The van der Waals surface area contributed by atoms with Gasteiger partial charge >= 0.3 is 12.2 Å². The summed E-state index contributed by atoms with van der Waals surface area (Å²) < 4.78 is 10.2. The molecular formula is C32H40N18O4. The van der Waals surface area contributed by atoms with E-state index in [0.717, 1.165) is 5.69 Å². The molecule has 0 saturated carbocycles. The van der Waals surface area contributed by atoms with Gasteiger partial charge in [-0.2, -0.15) is 5.26 Å². The van der Waals surface area contributed by atoms with Crippen molar-refractivity contribution in [3.63, 3.8) is 0 Å². The number of nitriles is 1. The first kappa shape index (κ1) is 41.5. The molecule has 0 aliphatic carbocycles. The zero-order chi connectivity index (χ0) is 39.7. The van der Waals surface area contributed by atoms with Gasteiger partial charge in [-0.15, -0.1) is 40.8 Å². The van der Waals surface area contributed by atoms with E-state index >= 15 is 0 Å². The van der Waals surface area contributed by atoms with Crippen molar-refractivity contribution in [1.29, 1.82) is 5.26 Å². The minimum Gasteiger partial charge on any atom is -0.444 e. The fourth-order valence-electron chi connectivity index (χ4n) is 3.46. The number of aryl methyl sites for hydroxylation is 2. The zero-order valence-corrected chi connectivity index (χ0v) is 31.0. The summed E-state index contributed by atoms with van der Waals surface area (Å²) in [4.78, 5) is 47.1. The molecule has 0 fully saturated rings. The van der Waals surface area contributed by atoms with Crippen LogP contribution in [-0.4, -0.2) is 94.1 Å². The molecule has 22 nitrogen and oxygen atoms in total. The van der Waals surface area contributed by atoms with Crippen molar-refractivity contribution in [2.45, 2.75) is 86.2 Å². The lowest BCUT2D eigenvalue weighted by atomic mass is 10.2. The molecule has 0 bridgehead atoms. The van der Waals surface area contributed by atoms with Crippen molar-refractivity contribution in [3.05, 3.63) is 71.3 Å². The highest BCUT2D eigenvalue weighted by Crippen LogP contribution is 2.10. The number of rotatable bonds is 7. The third-order valence-corrected chi connectivity index (χ3v) is 5.63. The molecule has 0 unspecified atom stereocenters. The van der Waals surface area contributed by atoms with Crippen LogP contribution in [0.5, 0.6) is 0 Å². The number of carbonyl (C=O) groups is 2. The quantitative estimate of drug-likeness (QED) is 0.214. The fraction of sp³-hybridized carbons (Fsp3) is 0.406. The summed E-state index contributed by atoms with van der Waals surface area (Å²) in [5.41, 5.74) is 6.26. The first-order valence-corrected chi connectivity index (χ1v) is 16.1. The molecule has 0 aromatic carbocycles. The second kappa shape index (κ2) is 19.6. The van der Waals surface area contributed by atoms with E-state index in [9.17, 15) is 9.59 Å². The molecule has 2 amide bonds. The van der Waals surface area contributed by atoms with Gasteiger partial charge in [-0.1, -0.05) is 0 Å². The van der Waals surface area contributed by atoms with E-state index in [1.807, 2.05) is 6.07 Å². The van der Waals surface area contributed by atoms with Crippen LogP contribution in [-0.2, 0) is 29.1 Å². The highest BCUT2D eigenvalue weighted by Gasteiger charge is 2.17. The van der Waals surface area contributed by atoms with Crippen LogP contribution < -0.4 is 16.4 Å². The standard InChI is InChI=1S/C13H17N7O2.C11H14N4O2.C8H9N7/c1-8-17-19-11(20-18-8)10-14-6-5-9(16-10)7-15-12(21)22-13(2,3)4;1-11(2,3)17-10(16)14-7-8-4-5-13-9(6-12)15-8;1-5-12-14-8(15-13-5)7-10-3-2-6(4-9)11-7/h5-6H,7H2,1-4H3,(H,15,21);4-5H,7H2,1-3H3,(H,14,16);2-3H,4,9H2,1H3. The second-order valence-corrected chi connectivity index (χ2v) is 12.7. The van der Waals surface area contributed by atoms with Crippen molar-refractivity contribution < 1.29 is 19.1 Å². The molecule has 0 atom stereocenters. The molecule has 282 valence electrons. The molecule has 0 spiro atoms. The number of amides is 2. The van der Waals surface area contributed by atoms with Crippen molar-refractivity contribution in [3.8, 4) is 29.4 Å². The highest BCUT2D eigenvalue weighted by atomic mass is 16.6. The number of ether oxygens (including phenoxy) is 2. The Morgan fingerprint density at radius 2 is 1.02 bits per heavy atom. The predicted octanol–water partition coefficient (Wildman–Crippen LogP) is 1.92. The average Bonchev–Trinajstić information content (AvgIpc) is 3.13. The summed E-state index contributed by atoms with van der Waals surface area (Å²) in [5.74, 6) is 2.26. The lowest BCUT2D eigenvalue weighted by molar-refractivity contribution is 0.0511. The van der Waals surface area contributed by atoms with Crippen molar-refractivity contribution in [2.75, 3.05) is 0 Å². The van der Waals surface area contributed by atoms with Crippen LogP contribution in [0.2, 0.25) is 0 Å². The summed E-state index contributed by atoms with van der Waals surface area (Å²) in [7, 11) is 0. The molecule has 0 radical (unpaired) electrons. The maximum absolute atomic E-state index is 11.6. The van der Waals surface area contributed by atoms with Crippen LogP contribution in [0.15, 0.2) is 36.8 Å². The molecule has 4 N–H and O–H groups in total. The third kappa shape index (κ3) is 15.6. The highest BCUT2D eigenvalue weighted by molar-refractivity contribution is 5.68. The molecule has 5 heterocycles. The van der Waals surface area contributed by atoms with Gasteiger partial charge in [0.2, 0.25) is 29.1 Å². The van der Waals surface area contributed by atoms with Gasteiger partial charge in [-0.25, -0.2) is 39.5 Å². The first-order valence-electron chi connectivity index (χ1n) is 16.1. The van der Waals surface area contributed by atoms with E-state index in [1.54, 1.807) is 86.0 Å². The Hall–Kier alpha value is -6.89. The fourth-order valence-corrected chi connectivity index (χ4v) is 3.46. The molecule has 5 aromatic rings. The number of nitrogens with zero attached hydrogens (tertiary/aromatic N) is 15.